The minimum absolute atomic E-state index is 0.0223. The van der Waals surface area contributed by atoms with E-state index in [0.717, 1.165) is 31.4 Å². The van der Waals surface area contributed by atoms with E-state index in [-0.39, 0.29) is 12.5 Å². The normalized spacial score (nSPS) is 15.0. The predicted octanol–water partition coefficient (Wildman–Crippen LogP) is 4.48. The van der Waals surface area contributed by atoms with E-state index in [1.165, 1.54) is 9.71 Å². The highest BCUT2D eigenvalue weighted by Crippen LogP contribution is 2.34. The highest BCUT2D eigenvalue weighted by atomic mass is 32.1. The molecule has 2 aromatic carbocycles. The van der Waals surface area contributed by atoms with Gasteiger partial charge in [-0.3, -0.25) is 4.79 Å². The van der Waals surface area contributed by atoms with Gasteiger partial charge in [-0.05, 0) is 44.0 Å². The summed E-state index contributed by atoms with van der Waals surface area (Å²) in [7, 11) is 0. The van der Waals surface area contributed by atoms with Crippen molar-refractivity contribution < 1.29 is 14.3 Å². The lowest BCUT2D eigenvalue weighted by molar-refractivity contribution is -0.134. The first kappa shape index (κ1) is 18.7. The van der Waals surface area contributed by atoms with E-state index in [2.05, 4.69) is 18.2 Å². The summed E-state index contributed by atoms with van der Waals surface area (Å²) in [5.74, 6) is 1.74. The van der Waals surface area contributed by atoms with Crippen LogP contribution in [0.3, 0.4) is 0 Å². The molecule has 0 aliphatic carbocycles. The third-order valence-electron chi connectivity index (χ3n) is 5.01. The fraction of sp³-hybridized carbons (Fsp3) is 0.364. The van der Waals surface area contributed by atoms with Crippen molar-refractivity contribution >= 4 is 27.5 Å². The Morgan fingerprint density at radius 2 is 1.75 bits per heavy atom. The van der Waals surface area contributed by atoms with Crippen molar-refractivity contribution in [2.75, 3.05) is 26.3 Å². The standard InChI is InChI=1S/C22H24N2O3S/c1-2-26-18-8-4-5-9-19(18)27-15-21(25)24-13-11-16(12-14-24)22-23-17-7-3-6-10-20(17)28-22/h3-10,16H,2,11-15H2,1H3. The monoisotopic (exact) mass is 396 g/mol. The Hall–Kier alpha value is -2.60. The van der Waals surface area contributed by atoms with Crippen LogP contribution in [0.1, 0.15) is 30.7 Å². The predicted molar refractivity (Wildman–Crippen MR) is 111 cm³/mol. The van der Waals surface area contributed by atoms with Gasteiger partial charge in [0, 0.05) is 19.0 Å². The lowest BCUT2D eigenvalue weighted by Crippen LogP contribution is -2.40. The molecule has 1 aromatic heterocycles. The summed E-state index contributed by atoms with van der Waals surface area (Å²) in [5.41, 5.74) is 1.07. The number of nitrogens with zero attached hydrogens (tertiary/aromatic N) is 2. The summed E-state index contributed by atoms with van der Waals surface area (Å²) in [6, 6.07) is 15.7. The van der Waals surface area contributed by atoms with Crippen LogP contribution in [0.5, 0.6) is 11.5 Å². The third-order valence-corrected chi connectivity index (χ3v) is 6.21. The molecule has 1 aliphatic rings. The van der Waals surface area contributed by atoms with Gasteiger partial charge in [0.05, 0.1) is 21.8 Å². The number of rotatable bonds is 6. The summed E-state index contributed by atoms with van der Waals surface area (Å²) in [6.45, 7) is 4.02. The number of benzene rings is 2. The number of hydrogen-bond donors (Lipinski definition) is 0. The number of aromatic nitrogens is 1. The molecule has 0 saturated carbocycles. The number of piperidine rings is 1. The average molecular weight is 397 g/mol. The van der Waals surface area contributed by atoms with E-state index in [4.69, 9.17) is 14.5 Å². The Morgan fingerprint density at radius 1 is 1.07 bits per heavy atom. The van der Waals surface area contributed by atoms with Gasteiger partial charge in [0.25, 0.3) is 5.91 Å². The summed E-state index contributed by atoms with van der Waals surface area (Å²) in [6.07, 6.45) is 1.89. The Bertz CT molecular complexity index is 915. The van der Waals surface area contributed by atoms with Gasteiger partial charge in [0.1, 0.15) is 0 Å². The number of likely N-dealkylation sites (tertiary alicyclic amines) is 1. The van der Waals surface area contributed by atoms with Crippen LogP contribution in [-0.2, 0) is 4.79 Å². The molecule has 28 heavy (non-hydrogen) atoms. The SMILES string of the molecule is CCOc1ccccc1OCC(=O)N1CCC(c2nc3ccccc3s2)CC1. The maximum Gasteiger partial charge on any atom is 0.260 e. The fourth-order valence-corrected chi connectivity index (χ4v) is 4.65. The van der Waals surface area contributed by atoms with Crippen molar-refractivity contribution in [2.24, 2.45) is 0 Å². The van der Waals surface area contributed by atoms with Crippen LogP contribution >= 0.6 is 11.3 Å². The Balaban J connectivity index is 1.31. The molecule has 5 nitrogen and oxygen atoms in total. The quantitative estimate of drug-likeness (QED) is 0.616. The summed E-state index contributed by atoms with van der Waals surface area (Å²) >= 11 is 1.77. The lowest BCUT2D eigenvalue weighted by atomic mass is 9.97. The van der Waals surface area contributed by atoms with E-state index in [1.807, 2.05) is 42.2 Å². The molecule has 0 unspecified atom stereocenters. The summed E-state index contributed by atoms with van der Waals surface area (Å²) < 4.78 is 12.5. The van der Waals surface area contributed by atoms with Gasteiger partial charge in [-0.25, -0.2) is 4.98 Å². The first-order valence-electron chi connectivity index (χ1n) is 9.72. The van der Waals surface area contributed by atoms with Gasteiger partial charge in [-0.1, -0.05) is 24.3 Å². The highest BCUT2D eigenvalue weighted by molar-refractivity contribution is 7.18. The molecule has 1 fully saturated rings. The highest BCUT2D eigenvalue weighted by Gasteiger charge is 2.26. The molecule has 3 aromatic rings. The van der Waals surface area contributed by atoms with E-state index >= 15 is 0 Å². The van der Waals surface area contributed by atoms with Crippen molar-refractivity contribution in [3.63, 3.8) is 0 Å². The molecule has 4 rings (SSSR count). The zero-order valence-electron chi connectivity index (χ0n) is 16.0. The fourth-order valence-electron chi connectivity index (χ4n) is 3.52. The molecule has 6 heteroatoms. The van der Waals surface area contributed by atoms with E-state index in [0.29, 0.717) is 24.0 Å². The Kier molecular flexibility index (Phi) is 5.76. The van der Waals surface area contributed by atoms with Crippen molar-refractivity contribution in [1.29, 1.82) is 0 Å². The van der Waals surface area contributed by atoms with Crippen LogP contribution in [0, 0.1) is 0 Å². The molecule has 1 saturated heterocycles. The molecular weight excluding hydrogens is 372 g/mol. The van der Waals surface area contributed by atoms with Crippen LogP contribution in [0.4, 0.5) is 0 Å². The Morgan fingerprint density at radius 3 is 2.46 bits per heavy atom. The minimum atomic E-state index is 0.0223. The number of ether oxygens (including phenoxy) is 2. The van der Waals surface area contributed by atoms with Gasteiger partial charge >= 0.3 is 0 Å². The molecule has 0 atom stereocenters. The van der Waals surface area contributed by atoms with Crippen molar-refractivity contribution in [2.45, 2.75) is 25.7 Å². The number of carbonyl (C=O) groups excluding carboxylic acids is 1. The first-order chi connectivity index (χ1) is 13.7. The molecule has 1 aliphatic heterocycles. The zero-order chi connectivity index (χ0) is 19.3. The lowest BCUT2D eigenvalue weighted by Gasteiger charge is -2.31. The molecule has 0 bridgehead atoms. The molecule has 0 radical (unpaired) electrons. The molecule has 2 heterocycles. The number of fused-ring (bicyclic) bond motifs is 1. The van der Waals surface area contributed by atoms with Gasteiger partial charge in [-0.15, -0.1) is 11.3 Å². The van der Waals surface area contributed by atoms with E-state index < -0.39 is 0 Å². The van der Waals surface area contributed by atoms with Gasteiger partial charge in [0.2, 0.25) is 0 Å². The molecule has 1 amide bonds. The number of thiazole rings is 1. The van der Waals surface area contributed by atoms with Gasteiger partial charge in [-0.2, -0.15) is 0 Å². The first-order valence-corrected chi connectivity index (χ1v) is 10.5. The smallest absolute Gasteiger partial charge is 0.260 e. The number of amides is 1. The number of carbonyl (C=O) groups is 1. The summed E-state index contributed by atoms with van der Waals surface area (Å²) in [5, 5.41) is 1.19. The molecular formula is C22H24N2O3S. The number of hydrogen-bond acceptors (Lipinski definition) is 5. The zero-order valence-corrected chi connectivity index (χ0v) is 16.8. The van der Waals surface area contributed by atoms with Crippen LogP contribution in [0.15, 0.2) is 48.5 Å². The van der Waals surface area contributed by atoms with Crippen LogP contribution < -0.4 is 9.47 Å². The van der Waals surface area contributed by atoms with Gasteiger partial charge < -0.3 is 14.4 Å². The van der Waals surface area contributed by atoms with Crippen molar-refractivity contribution in [1.82, 2.24) is 9.88 Å². The maximum atomic E-state index is 12.6. The second-order valence-corrected chi connectivity index (χ2v) is 7.91. The van der Waals surface area contributed by atoms with Gasteiger partial charge in [0.15, 0.2) is 18.1 Å². The number of para-hydroxylation sites is 3. The summed E-state index contributed by atoms with van der Waals surface area (Å²) in [4.78, 5) is 19.3. The van der Waals surface area contributed by atoms with Crippen molar-refractivity contribution in [3.8, 4) is 11.5 Å². The molecule has 146 valence electrons. The average Bonchev–Trinajstić information content (AvgIpc) is 3.17. The second kappa shape index (κ2) is 8.61. The topological polar surface area (TPSA) is 51.7 Å². The largest absolute Gasteiger partial charge is 0.490 e. The Labute approximate surface area is 168 Å². The second-order valence-electron chi connectivity index (χ2n) is 6.84. The molecule has 0 spiro atoms. The van der Waals surface area contributed by atoms with E-state index in [9.17, 15) is 4.79 Å². The van der Waals surface area contributed by atoms with Crippen LogP contribution in [0.25, 0.3) is 10.2 Å². The third kappa shape index (κ3) is 4.12. The maximum absolute atomic E-state index is 12.6. The van der Waals surface area contributed by atoms with Crippen molar-refractivity contribution in [3.05, 3.63) is 53.5 Å². The van der Waals surface area contributed by atoms with E-state index in [1.54, 1.807) is 11.3 Å². The van der Waals surface area contributed by atoms with Crippen LogP contribution in [0.2, 0.25) is 0 Å². The van der Waals surface area contributed by atoms with Crippen LogP contribution in [-0.4, -0.2) is 42.1 Å². The molecule has 0 N–H and O–H groups in total. The minimum Gasteiger partial charge on any atom is -0.490 e.